The summed E-state index contributed by atoms with van der Waals surface area (Å²) >= 11 is 0. The predicted octanol–water partition coefficient (Wildman–Crippen LogP) is 2.37. The molecule has 3 aromatic rings. The Bertz CT molecular complexity index is 1070. The molecule has 0 bridgehead atoms. The van der Waals surface area contributed by atoms with Gasteiger partial charge in [-0.2, -0.15) is 0 Å². The van der Waals surface area contributed by atoms with Gasteiger partial charge in [0.1, 0.15) is 12.2 Å². The van der Waals surface area contributed by atoms with Crippen LogP contribution in [0.15, 0.2) is 41.2 Å². The van der Waals surface area contributed by atoms with Crippen LogP contribution in [0.25, 0.3) is 0 Å². The van der Waals surface area contributed by atoms with Crippen LogP contribution >= 0.6 is 0 Å². The summed E-state index contributed by atoms with van der Waals surface area (Å²) in [5.74, 6) is 2.00. The lowest BCUT2D eigenvalue weighted by Gasteiger charge is -2.30. The van der Waals surface area contributed by atoms with Gasteiger partial charge in [-0.25, -0.2) is 0 Å². The zero-order chi connectivity index (χ0) is 20.8. The van der Waals surface area contributed by atoms with Crippen molar-refractivity contribution >= 4 is 5.91 Å². The number of carbonyl (C=O) groups excluding carboxylic acids is 1. The van der Waals surface area contributed by atoms with E-state index in [1.54, 1.807) is 12.4 Å². The zero-order valence-electron chi connectivity index (χ0n) is 17.5. The van der Waals surface area contributed by atoms with Crippen LogP contribution in [0.5, 0.6) is 0 Å². The van der Waals surface area contributed by atoms with Gasteiger partial charge in [-0.05, 0) is 30.9 Å². The van der Waals surface area contributed by atoms with E-state index in [-0.39, 0.29) is 11.9 Å². The van der Waals surface area contributed by atoms with Crippen LogP contribution in [0.3, 0.4) is 0 Å². The quantitative estimate of drug-likeness (QED) is 0.662. The van der Waals surface area contributed by atoms with Gasteiger partial charge in [0.2, 0.25) is 5.76 Å². The van der Waals surface area contributed by atoms with Gasteiger partial charge in [-0.15, -0.1) is 10.2 Å². The third kappa shape index (κ3) is 3.21. The molecule has 2 saturated heterocycles. The maximum atomic E-state index is 13.3. The van der Waals surface area contributed by atoms with Crippen LogP contribution in [0.4, 0.5) is 0 Å². The minimum Gasteiger partial charge on any atom is -0.351 e. The number of aromatic nitrogens is 4. The number of hydrogen-bond acceptors (Lipinski definition) is 6. The molecule has 1 amide bonds. The monoisotopic (exact) mass is 406 g/mol. The summed E-state index contributed by atoms with van der Waals surface area (Å²) in [5, 5.41) is 12.1. The molecule has 2 aromatic heterocycles. The second-order valence-corrected chi connectivity index (χ2v) is 8.57. The number of likely N-dealkylation sites (tertiary alicyclic amines) is 2. The van der Waals surface area contributed by atoms with Crippen LogP contribution in [0.2, 0.25) is 0 Å². The average Bonchev–Trinajstić information content (AvgIpc) is 3.48. The van der Waals surface area contributed by atoms with Gasteiger partial charge in [0, 0.05) is 38.7 Å². The van der Waals surface area contributed by atoms with E-state index in [0.29, 0.717) is 17.6 Å². The Morgan fingerprint density at radius 3 is 2.73 bits per heavy atom. The number of carbonyl (C=O) groups is 1. The molecule has 156 valence electrons. The van der Waals surface area contributed by atoms with Crippen molar-refractivity contribution in [2.45, 2.75) is 26.4 Å². The second kappa shape index (κ2) is 7.36. The molecule has 0 unspecified atom stereocenters. The summed E-state index contributed by atoms with van der Waals surface area (Å²) in [6.45, 7) is 7.32. The standard InChI is InChI=1S/C22H26N6O2/c1-14-6-4-5-7-17(14)21-18-11-27(12-20-24-23-13-26(20)3)9-16(18)10-28(21)22(29)19-8-15(2)25-30-19/h4-8,13,16,18,21H,9-12H2,1-3H3/t16-,18-,21+/m0/s1. The summed E-state index contributed by atoms with van der Waals surface area (Å²) in [5.41, 5.74) is 3.15. The number of fused-ring (bicyclic) bond motifs is 1. The molecule has 1 aromatic carbocycles. The summed E-state index contributed by atoms with van der Waals surface area (Å²) in [6.07, 6.45) is 1.74. The normalized spacial score (nSPS) is 23.8. The van der Waals surface area contributed by atoms with Crippen molar-refractivity contribution in [3.8, 4) is 0 Å². The first-order valence-corrected chi connectivity index (χ1v) is 10.4. The highest BCUT2D eigenvalue weighted by atomic mass is 16.5. The van der Waals surface area contributed by atoms with Crippen molar-refractivity contribution in [2.24, 2.45) is 18.9 Å². The van der Waals surface area contributed by atoms with Crippen molar-refractivity contribution in [2.75, 3.05) is 19.6 Å². The number of nitrogens with zero attached hydrogens (tertiary/aromatic N) is 6. The van der Waals surface area contributed by atoms with Crippen molar-refractivity contribution in [1.29, 1.82) is 0 Å². The molecule has 4 heterocycles. The Morgan fingerprint density at radius 2 is 2.03 bits per heavy atom. The van der Waals surface area contributed by atoms with Gasteiger partial charge in [0.15, 0.2) is 0 Å². The highest BCUT2D eigenvalue weighted by Gasteiger charge is 2.50. The summed E-state index contributed by atoms with van der Waals surface area (Å²) in [6, 6.07) is 10.1. The fourth-order valence-corrected chi connectivity index (χ4v) is 5.05. The van der Waals surface area contributed by atoms with Crippen LogP contribution in [-0.4, -0.2) is 55.3 Å². The lowest BCUT2D eigenvalue weighted by Crippen LogP contribution is -2.36. The average molecular weight is 406 g/mol. The van der Waals surface area contributed by atoms with Crippen LogP contribution < -0.4 is 0 Å². The number of hydrogen-bond donors (Lipinski definition) is 0. The first-order chi connectivity index (χ1) is 14.5. The van der Waals surface area contributed by atoms with Gasteiger partial charge in [0.05, 0.1) is 18.3 Å². The SMILES string of the molecule is Cc1cc(C(=O)N2C[C@@H]3CN(Cc4nncn4C)C[C@@H]3[C@H]2c2ccccc2C)on1. The van der Waals surface area contributed by atoms with E-state index in [0.717, 1.165) is 37.7 Å². The van der Waals surface area contributed by atoms with Gasteiger partial charge in [-0.1, -0.05) is 29.4 Å². The first kappa shape index (κ1) is 19.0. The smallest absolute Gasteiger partial charge is 0.293 e. The Balaban J connectivity index is 1.44. The fraction of sp³-hybridized carbons (Fsp3) is 0.455. The highest BCUT2D eigenvalue weighted by molar-refractivity contribution is 5.92. The lowest BCUT2D eigenvalue weighted by molar-refractivity contribution is 0.0656. The van der Waals surface area contributed by atoms with E-state index in [1.165, 1.54) is 11.1 Å². The van der Waals surface area contributed by atoms with E-state index >= 15 is 0 Å². The molecule has 8 heteroatoms. The van der Waals surface area contributed by atoms with Crippen LogP contribution in [0, 0.1) is 25.7 Å². The summed E-state index contributed by atoms with van der Waals surface area (Å²) in [4.78, 5) is 17.8. The van der Waals surface area contributed by atoms with Gasteiger partial charge >= 0.3 is 0 Å². The molecule has 8 nitrogen and oxygen atoms in total. The van der Waals surface area contributed by atoms with E-state index < -0.39 is 0 Å². The third-order valence-corrected chi connectivity index (χ3v) is 6.52. The Hall–Kier alpha value is -3.00. The Kier molecular flexibility index (Phi) is 4.66. The Labute approximate surface area is 175 Å². The molecule has 3 atom stereocenters. The number of rotatable bonds is 4. The molecule has 0 N–H and O–H groups in total. The third-order valence-electron chi connectivity index (χ3n) is 6.52. The molecular weight excluding hydrogens is 380 g/mol. The molecular formula is C22H26N6O2. The van der Waals surface area contributed by atoms with Crippen molar-refractivity contribution in [3.05, 3.63) is 65.1 Å². The predicted molar refractivity (Wildman–Crippen MR) is 109 cm³/mol. The maximum Gasteiger partial charge on any atom is 0.293 e. The first-order valence-electron chi connectivity index (χ1n) is 10.4. The molecule has 30 heavy (non-hydrogen) atoms. The highest BCUT2D eigenvalue weighted by Crippen LogP contribution is 2.46. The van der Waals surface area contributed by atoms with Crippen molar-refractivity contribution in [3.63, 3.8) is 0 Å². The van der Waals surface area contributed by atoms with E-state index in [4.69, 9.17) is 4.52 Å². The molecule has 2 aliphatic heterocycles. The number of benzene rings is 1. The molecule has 5 rings (SSSR count). The molecule has 0 spiro atoms. The maximum absolute atomic E-state index is 13.3. The lowest BCUT2D eigenvalue weighted by atomic mass is 9.87. The summed E-state index contributed by atoms with van der Waals surface area (Å²) < 4.78 is 7.28. The van der Waals surface area contributed by atoms with Crippen LogP contribution in [0.1, 0.15) is 39.2 Å². The van der Waals surface area contributed by atoms with Crippen molar-refractivity contribution in [1.82, 2.24) is 29.7 Å². The molecule has 2 aliphatic rings. The Morgan fingerprint density at radius 1 is 1.20 bits per heavy atom. The fourth-order valence-electron chi connectivity index (χ4n) is 5.05. The van der Waals surface area contributed by atoms with Gasteiger partial charge in [-0.3, -0.25) is 9.69 Å². The van der Waals surface area contributed by atoms with Crippen molar-refractivity contribution < 1.29 is 9.32 Å². The summed E-state index contributed by atoms with van der Waals surface area (Å²) in [7, 11) is 1.97. The van der Waals surface area contributed by atoms with Crippen LogP contribution in [-0.2, 0) is 13.6 Å². The van der Waals surface area contributed by atoms with E-state index in [9.17, 15) is 4.79 Å². The molecule has 0 saturated carbocycles. The zero-order valence-corrected chi connectivity index (χ0v) is 17.5. The number of amides is 1. The molecule has 2 fully saturated rings. The minimum absolute atomic E-state index is 0.0265. The number of aryl methyl sites for hydroxylation is 3. The minimum atomic E-state index is -0.0712. The van der Waals surface area contributed by atoms with Gasteiger partial charge in [0.25, 0.3) is 5.91 Å². The van der Waals surface area contributed by atoms with Gasteiger partial charge < -0.3 is 14.0 Å². The van der Waals surface area contributed by atoms with E-state index in [1.807, 2.05) is 29.5 Å². The second-order valence-electron chi connectivity index (χ2n) is 8.57. The topological polar surface area (TPSA) is 80.3 Å². The molecule has 0 radical (unpaired) electrons. The molecule has 0 aliphatic carbocycles. The van der Waals surface area contributed by atoms with E-state index in [2.05, 4.69) is 45.4 Å². The largest absolute Gasteiger partial charge is 0.351 e.